The highest BCUT2D eigenvalue weighted by atomic mass is 19.2. The summed E-state index contributed by atoms with van der Waals surface area (Å²) in [6.45, 7) is 0.0135. The number of benzene rings is 1. The molecule has 2 aromatic rings. The molecule has 0 aliphatic rings. The molecule has 19 heavy (non-hydrogen) atoms. The van der Waals surface area contributed by atoms with Gasteiger partial charge in [-0.15, -0.1) is 0 Å². The molecule has 1 heterocycles. The molecular formula is C13H10F3NO2. The van der Waals surface area contributed by atoms with Crippen molar-refractivity contribution in [2.45, 2.75) is 6.42 Å². The monoisotopic (exact) mass is 269 g/mol. The van der Waals surface area contributed by atoms with E-state index in [9.17, 15) is 13.2 Å². The van der Waals surface area contributed by atoms with Gasteiger partial charge in [-0.1, -0.05) is 12.1 Å². The van der Waals surface area contributed by atoms with Crippen molar-refractivity contribution in [1.82, 2.24) is 4.98 Å². The lowest BCUT2D eigenvalue weighted by atomic mass is 10.1. The maximum atomic E-state index is 13.3. The van der Waals surface area contributed by atoms with Crippen LogP contribution in [-0.4, -0.2) is 16.7 Å². The first-order valence-corrected chi connectivity index (χ1v) is 5.49. The zero-order valence-electron chi connectivity index (χ0n) is 9.74. The van der Waals surface area contributed by atoms with Crippen LogP contribution in [-0.2, 0) is 6.42 Å². The molecule has 0 aliphatic carbocycles. The first-order chi connectivity index (χ1) is 9.10. The molecule has 0 unspecified atom stereocenters. The quantitative estimate of drug-likeness (QED) is 0.868. The van der Waals surface area contributed by atoms with Crippen LogP contribution in [0.2, 0.25) is 0 Å². The first-order valence-electron chi connectivity index (χ1n) is 5.49. The van der Waals surface area contributed by atoms with Gasteiger partial charge in [-0.3, -0.25) is 0 Å². The number of ether oxygens (including phenoxy) is 1. The number of aliphatic hydroxyl groups is 1. The summed E-state index contributed by atoms with van der Waals surface area (Å²) in [6, 6.07) is 6.76. The Bertz CT molecular complexity index is 573. The molecular weight excluding hydrogens is 259 g/mol. The van der Waals surface area contributed by atoms with Gasteiger partial charge in [-0.2, -0.15) is 9.37 Å². The first kappa shape index (κ1) is 13.4. The van der Waals surface area contributed by atoms with E-state index in [0.29, 0.717) is 12.5 Å². The van der Waals surface area contributed by atoms with Gasteiger partial charge >= 0.3 is 0 Å². The second-order valence-electron chi connectivity index (χ2n) is 3.77. The van der Waals surface area contributed by atoms with Gasteiger partial charge in [-0.05, 0) is 24.1 Å². The summed E-state index contributed by atoms with van der Waals surface area (Å²) in [6.07, 6.45) is 0.484. The van der Waals surface area contributed by atoms with Crippen molar-refractivity contribution in [1.29, 1.82) is 0 Å². The predicted molar refractivity (Wildman–Crippen MR) is 61.4 cm³/mol. The molecule has 100 valence electrons. The minimum Gasteiger partial charge on any atom is -0.436 e. The number of nitrogens with zero attached hydrogens (tertiary/aromatic N) is 1. The highest BCUT2D eigenvalue weighted by molar-refractivity contribution is 5.31. The van der Waals surface area contributed by atoms with E-state index in [2.05, 4.69) is 4.98 Å². The number of halogens is 3. The van der Waals surface area contributed by atoms with Gasteiger partial charge in [-0.25, -0.2) is 8.78 Å². The van der Waals surface area contributed by atoms with E-state index in [4.69, 9.17) is 9.84 Å². The van der Waals surface area contributed by atoms with Crippen LogP contribution in [0.5, 0.6) is 11.6 Å². The summed E-state index contributed by atoms with van der Waals surface area (Å²) < 4.78 is 43.9. The van der Waals surface area contributed by atoms with Crippen LogP contribution in [0.15, 0.2) is 30.3 Å². The summed E-state index contributed by atoms with van der Waals surface area (Å²) >= 11 is 0. The van der Waals surface area contributed by atoms with E-state index in [1.165, 1.54) is 12.1 Å². The van der Waals surface area contributed by atoms with E-state index < -0.39 is 23.5 Å². The highest BCUT2D eigenvalue weighted by Crippen LogP contribution is 2.23. The Hall–Kier alpha value is -2.08. The van der Waals surface area contributed by atoms with Gasteiger partial charge in [0.15, 0.2) is 11.6 Å². The van der Waals surface area contributed by atoms with Crippen molar-refractivity contribution < 1.29 is 23.0 Å². The summed E-state index contributed by atoms with van der Waals surface area (Å²) in [5.41, 5.74) is 0.869. The molecule has 0 saturated heterocycles. The Balaban J connectivity index is 2.19. The third kappa shape index (κ3) is 3.23. The van der Waals surface area contributed by atoms with Gasteiger partial charge in [0.1, 0.15) is 5.75 Å². The molecule has 6 heteroatoms. The fourth-order valence-corrected chi connectivity index (χ4v) is 1.46. The summed E-state index contributed by atoms with van der Waals surface area (Å²) in [5, 5.41) is 8.75. The molecule has 0 fully saturated rings. The van der Waals surface area contributed by atoms with Crippen molar-refractivity contribution >= 4 is 0 Å². The van der Waals surface area contributed by atoms with E-state index in [-0.39, 0.29) is 12.4 Å². The average molecular weight is 269 g/mol. The van der Waals surface area contributed by atoms with Gasteiger partial charge in [0.25, 0.3) is 11.8 Å². The van der Waals surface area contributed by atoms with Crippen molar-refractivity contribution in [3.8, 4) is 11.6 Å². The van der Waals surface area contributed by atoms with E-state index >= 15 is 0 Å². The lowest BCUT2D eigenvalue weighted by Crippen LogP contribution is -1.98. The molecule has 3 nitrogen and oxygen atoms in total. The Morgan fingerprint density at radius 2 is 1.74 bits per heavy atom. The number of pyridine rings is 1. The molecule has 1 N–H and O–H groups in total. The maximum Gasteiger partial charge on any atom is 0.258 e. The lowest BCUT2D eigenvalue weighted by molar-refractivity contribution is 0.299. The van der Waals surface area contributed by atoms with Gasteiger partial charge < -0.3 is 9.84 Å². The summed E-state index contributed by atoms with van der Waals surface area (Å²) in [7, 11) is 0. The van der Waals surface area contributed by atoms with Crippen LogP contribution in [0, 0.1) is 17.6 Å². The third-order valence-corrected chi connectivity index (χ3v) is 2.39. The van der Waals surface area contributed by atoms with Crippen LogP contribution in [0.1, 0.15) is 5.56 Å². The Kier molecular flexibility index (Phi) is 4.01. The molecule has 0 amide bonds. The number of aromatic nitrogens is 1. The van der Waals surface area contributed by atoms with Crippen LogP contribution in [0.4, 0.5) is 13.2 Å². The topological polar surface area (TPSA) is 42.4 Å². The minimum absolute atomic E-state index is 0.0135. The van der Waals surface area contributed by atoms with Crippen LogP contribution < -0.4 is 4.74 Å². The van der Waals surface area contributed by atoms with E-state index in [1.807, 2.05) is 0 Å². The minimum atomic E-state index is -1.42. The molecule has 1 aromatic heterocycles. The average Bonchev–Trinajstić information content (AvgIpc) is 2.38. The molecule has 0 atom stereocenters. The Morgan fingerprint density at radius 1 is 1.05 bits per heavy atom. The van der Waals surface area contributed by atoms with Crippen LogP contribution in [0.3, 0.4) is 0 Å². The van der Waals surface area contributed by atoms with Gasteiger partial charge in [0, 0.05) is 12.7 Å². The number of aliphatic hydroxyl groups excluding tert-OH is 1. The second kappa shape index (κ2) is 5.71. The number of hydrogen-bond donors (Lipinski definition) is 1. The fourth-order valence-electron chi connectivity index (χ4n) is 1.46. The Labute approximate surface area is 107 Å². The zero-order valence-corrected chi connectivity index (χ0v) is 9.74. The van der Waals surface area contributed by atoms with E-state index in [0.717, 1.165) is 5.56 Å². The van der Waals surface area contributed by atoms with Crippen LogP contribution >= 0.6 is 0 Å². The fraction of sp³-hybridized carbons (Fsp3) is 0.154. The van der Waals surface area contributed by atoms with Gasteiger partial charge in [0.05, 0.1) is 0 Å². The number of hydrogen-bond acceptors (Lipinski definition) is 3. The number of rotatable bonds is 4. The standard InChI is InChI=1S/C13H10F3NO2/c14-10-7-11(15)13(17-12(10)16)19-9-3-1-8(2-4-9)5-6-18/h1-4,7,18H,5-6H2. The van der Waals surface area contributed by atoms with Crippen molar-refractivity contribution in [2.24, 2.45) is 0 Å². The molecule has 2 rings (SSSR count). The predicted octanol–water partition coefficient (Wildman–Crippen LogP) is 2.83. The molecule has 0 saturated carbocycles. The normalized spacial score (nSPS) is 10.5. The zero-order chi connectivity index (χ0) is 13.8. The van der Waals surface area contributed by atoms with Crippen LogP contribution in [0.25, 0.3) is 0 Å². The van der Waals surface area contributed by atoms with Crippen molar-refractivity contribution in [2.75, 3.05) is 6.61 Å². The lowest BCUT2D eigenvalue weighted by Gasteiger charge is -2.06. The molecule has 0 aliphatic heterocycles. The SMILES string of the molecule is OCCc1ccc(Oc2nc(F)c(F)cc2F)cc1. The third-order valence-electron chi connectivity index (χ3n) is 2.39. The van der Waals surface area contributed by atoms with Gasteiger partial charge in [0.2, 0.25) is 0 Å². The highest BCUT2D eigenvalue weighted by Gasteiger charge is 2.13. The summed E-state index contributed by atoms with van der Waals surface area (Å²) in [4.78, 5) is 3.05. The molecule has 0 radical (unpaired) electrons. The second-order valence-corrected chi connectivity index (χ2v) is 3.77. The maximum absolute atomic E-state index is 13.3. The summed E-state index contributed by atoms with van der Waals surface area (Å²) in [5.74, 6) is -4.28. The molecule has 0 bridgehead atoms. The molecule has 0 spiro atoms. The molecule has 1 aromatic carbocycles. The smallest absolute Gasteiger partial charge is 0.258 e. The van der Waals surface area contributed by atoms with E-state index in [1.54, 1.807) is 12.1 Å². The van der Waals surface area contributed by atoms with Crippen molar-refractivity contribution in [3.05, 3.63) is 53.5 Å². The Morgan fingerprint density at radius 3 is 2.37 bits per heavy atom. The van der Waals surface area contributed by atoms with Crippen molar-refractivity contribution in [3.63, 3.8) is 0 Å². The largest absolute Gasteiger partial charge is 0.436 e.